The molecule has 0 spiro atoms. The summed E-state index contributed by atoms with van der Waals surface area (Å²) in [5.41, 5.74) is 5.61. The fourth-order valence-corrected chi connectivity index (χ4v) is 2.22. The van der Waals surface area contributed by atoms with Crippen LogP contribution in [0.1, 0.15) is 13.3 Å². The highest BCUT2D eigenvalue weighted by Gasteiger charge is 2.18. The summed E-state index contributed by atoms with van der Waals surface area (Å²) >= 11 is 3.45. The molecule has 1 unspecified atom stereocenters. The number of aromatic nitrogens is 2. The number of nitrogens with zero attached hydrogens (tertiary/aromatic N) is 3. The molecule has 1 aromatic rings. The SMILES string of the molecule is CC1CN(c2nc(N)ncc2Br)CCCO1. The van der Waals surface area contributed by atoms with Gasteiger partial charge in [0.1, 0.15) is 5.82 Å². The van der Waals surface area contributed by atoms with Crippen molar-refractivity contribution in [3.63, 3.8) is 0 Å². The van der Waals surface area contributed by atoms with Crippen LogP contribution in [-0.2, 0) is 4.74 Å². The van der Waals surface area contributed by atoms with Crippen LogP contribution in [0.15, 0.2) is 10.7 Å². The molecule has 88 valence electrons. The fraction of sp³-hybridized carbons (Fsp3) is 0.600. The molecule has 1 aliphatic heterocycles. The first-order chi connectivity index (χ1) is 7.66. The van der Waals surface area contributed by atoms with Crippen LogP contribution >= 0.6 is 15.9 Å². The van der Waals surface area contributed by atoms with E-state index in [2.05, 4.69) is 37.7 Å². The number of halogens is 1. The van der Waals surface area contributed by atoms with Gasteiger partial charge >= 0.3 is 0 Å². The molecule has 0 aliphatic carbocycles. The molecule has 2 heterocycles. The lowest BCUT2D eigenvalue weighted by Gasteiger charge is -2.24. The van der Waals surface area contributed by atoms with Crippen LogP contribution in [-0.4, -0.2) is 35.8 Å². The van der Waals surface area contributed by atoms with Crippen molar-refractivity contribution in [3.8, 4) is 0 Å². The molecule has 5 nitrogen and oxygen atoms in total. The summed E-state index contributed by atoms with van der Waals surface area (Å²) in [6, 6.07) is 0. The van der Waals surface area contributed by atoms with Gasteiger partial charge in [-0.2, -0.15) is 4.98 Å². The minimum atomic E-state index is 0.214. The van der Waals surface area contributed by atoms with E-state index in [1.165, 1.54) is 0 Å². The average molecular weight is 287 g/mol. The van der Waals surface area contributed by atoms with Gasteiger partial charge in [0.15, 0.2) is 0 Å². The Hall–Kier alpha value is -0.880. The van der Waals surface area contributed by atoms with Crippen LogP contribution in [0, 0.1) is 0 Å². The first kappa shape index (κ1) is 11.6. The van der Waals surface area contributed by atoms with Gasteiger partial charge in [-0.25, -0.2) is 4.98 Å². The summed E-state index contributed by atoms with van der Waals surface area (Å²) in [5, 5.41) is 0. The molecule has 0 bridgehead atoms. The predicted octanol–water partition coefficient (Wildman–Crippen LogP) is 1.44. The summed E-state index contributed by atoms with van der Waals surface area (Å²) in [5.74, 6) is 1.15. The van der Waals surface area contributed by atoms with E-state index in [-0.39, 0.29) is 6.10 Å². The van der Waals surface area contributed by atoms with Gasteiger partial charge in [0.25, 0.3) is 0 Å². The topological polar surface area (TPSA) is 64.3 Å². The van der Waals surface area contributed by atoms with Gasteiger partial charge in [-0.05, 0) is 29.3 Å². The number of nitrogen functional groups attached to an aromatic ring is 1. The number of hydrogen-bond donors (Lipinski definition) is 1. The monoisotopic (exact) mass is 286 g/mol. The Balaban J connectivity index is 2.24. The largest absolute Gasteiger partial charge is 0.377 e. The van der Waals surface area contributed by atoms with Crippen molar-refractivity contribution in [1.29, 1.82) is 0 Å². The highest BCUT2D eigenvalue weighted by atomic mass is 79.9. The van der Waals surface area contributed by atoms with Gasteiger partial charge in [-0.15, -0.1) is 0 Å². The average Bonchev–Trinajstić information content (AvgIpc) is 2.46. The Labute approximate surface area is 103 Å². The molecule has 6 heteroatoms. The molecule has 0 amide bonds. The van der Waals surface area contributed by atoms with Gasteiger partial charge in [0.2, 0.25) is 5.95 Å². The first-order valence-electron chi connectivity index (χ1n) is 5.31. The molecule has 2 N–H and O–H groups in total. The molecule has 1 atom stereocenters. The van der Waals surface area contributed by atoms with Crippen LogP contribution in [0.2, 0.25) is 0 Å². The summed E-state index contributed by atoms with van der Waals surface area (Å²) in [7, 11) is 0. The number of rotatable bonds is 1. The van der Waals surface area contributed by atoms with E-state index in [1.807, 2.05) is 0 Å². The Kier molecular flexibility index (Phi) is 3.60. The van der Waals surface area contributed by atoms with E-state index in [0.717, 1.165) is 36.4 Å². The van der Waals surface area contributed by atoms with Gasteiger partial charge in [-0.3, -0.25) is 0 Å². The number of nitrogens with two attached hydrogens (primary N) is 1. The second-order valence-electron chi connectivity index (χ2n) is 3.88. The summed E-state index contributed by atoms with van der Waals surface area (Å²) < 4.78 is 6.46. The molecule has 2 rings (SSSR count). The minimum Gasteiger partial charge on any atom is -0.377 e. The molecule has 1 aromatic heterocycles. The fourth-order valence-electron chi connectivity index (χ4n) is 1.78. The standard InChI is InChI=1S/C10H15BrN4O/c1-7-6-15(3-2-4-16-7)9-8(11)5-13-10(12)14-9/h5,7H,2-4,6H2,1H3,(H2,12,13,14). The van der Waals surface area contributed by atoms with Crippen LogP contribution in [0.4, 0.5) is 11.8 Å². The zero-order chi connectivity index (χ0) is 11.5. The third-order valence-corrected chi connectivity index (χ3v) is 3.06. The second-order valence-corrected chi connectivity index (χ2v) is 4.74. The molecular formula is C10H15BrN4O. The lowest BCUT2D eigenvalue weighted by molar-refractivity contribution is 0.0820. The highest BCUT2D eigenvalue weighted by molar-refractivity contribution is 9.10. The Morgan fingerprint density at radius 3 is 3.25 bits per heavy atom. The number of hydrogen-bond acceptors (Lipinski definition) is 5. The third-order valence-electron chi connectivity index (χ3n) is 2.50. The summed E-state index contributed by atoms with van der Waals surface area (Å²) in [6.07, 6.45) is 2.90. The van der Waals surface area contributed by atoms with E-state index in [0.29, 0.717) is 5.95 Å². The number of anilines is 2. The van der Waals surface area contributed by atoms with Crippen molar-refractivity contribution in [3.05, 3.63) is 10.7 Å². The van der Waals surface area contributed by atoms with Gasteiger partial charge < -0.3 is 15.4 Å². The van der Waals surface area contributed by atoms with Gasteiger partial charge in [0, 0.05) is 25.9 Å². The van der Waals surface area contributed by atoms with Crippen LogP contribution in [0.25, 0.3) is 0 Å². The molecule has 16 heavy (non-hydrogen) atoms. The van der Waals surface area contributed by atoms with Gasteiger partial charge in [-0.1, -0.05) is 0 Å². The minimum absolute atomic E-state index is 0.214. The smallest absolute Gasteiger partial charge is 0.222 e. The van der Waals surface area contributed by atoms with Crippen LogP contribution in [0.5, 0.6) is 0 Å². The van der Waals surface area contributed by atoms with Crippen molar-refractivity contribution < 1.29 is 4.74 Å². The zero-order valence-corrected chi connectivity index (χ0v) is 10.8. The predicted molar refractivity (Wildman–Crippen MR) is 66.4 cm³/mol. The van der Waals surface area contributed by atoms with E-state index in [1.54, 1.807) is 6.20 Å². The maximum absolute atomic E-state index is 5.61. The molecule has 1 saturated heterocycles. The van der Waals surface area contributed by atoms with Crippen molar-refractivity contribution in [2.45, 2.75) is 19.4 Å². The first-order valence-corrected chi connectivity index (χ1v) is 6.10. The van der Waals surface area contributed by atoms with E-state index >= 15 is 0 Å². The maximum Gasteiger partial charge on any atom is 0.222 e. The second kappa shape index (κ2) is 4.97. The Morgan fingerprint density at radius 2 is 2.44 bits per heavy atom. The van der Waals surface area contributed by atoms with Crippen molar-refractivity contribution in [2.24, 2.45) is 0 Å². The highest BCUT2D eigenvalue weighted by Crippen LogP contribution is 2.25. The van der Waals surface area contributed by atoms with Crippen molar-refractivity contribution >= 4 is 27.7 Å². The Bertz CT molecular complexity index is 374. The lowest BCUT2D eigenvalue weighted by atomic mass is 10.3. The van der Waals surface area contributed by atoms with Crippen LogP contribution < -0.4 is 10.6 Å². The van der Waals surface area contributed by atoms with E-state index in [9.17, 15) is 0 Å². The number of ether oxygens (including phenoxy) is 1. The van der Waals surface area contributed by atoms with Crippen molar-refractivity contribution in [1.82, 2.24) is 9.97 Å². The van der Waals surface area contributed by atoms with Crippen molar-refractivity contribution in [2.75, 3.05) is 30.3 Å². The zero-order valence-electron chi connectivity index (χ0n) is 9.19. The molecule has 0 aromatic carbocycles. The van der Waals surface area contributed by atoms with E-state index < -0.39 is 0 Å². The molecule has 0 radical (unpaired) electrons. The normalized spacial score (nSPS) is 21.9. The lowest BCUT2D eigenvalue weighted by Crippen LogP contribution is -2.31. The molecule has 1 fully saturated rings. The molecule has 1 aliphatic rings. The molecule has 0 saturated carbocycles. The quantitative estimate of drug-likeness (QED) is 0.846. The summed E-state index contributed by atoms with van der Waals surface area (Å²) in [6.45, 7) is 4.63. The van der Waals surface area contributed by atoms with E-state index in [4.69, 9.17) is 10.5 Å². The summed E-state index contributed by atoms with van der Waals surface area (Å²) in [4.78, 5) is 10.4. The molecular weight excluding hydrogens is 272 g/mol. The van der Waals surface area contributed by atoms with Crippen LogP contribution in [0.3, 0.4) is 0 Å². The van der Waals surface area contributed by atoms with Gasteiger partial charge in [0.05, 0.1) is 10.6 Å². The Morgan fingerprint density at radius 1 is 1.62 bits per heavy atom. The maximum atomic E-state index is 5.61. The third kappa shape index (κ3) is 2.62.